The van der Waals surface area contributed by atoms with E-state index in [1.54, 1.807) is 29.7 Å². The van der Waals surface area contributed by atoms with Crippen LogP contribution in [0.4, 0.5) is 0 Å². The minimum atomic E-state index is -0.838. The van der Waals surface area contributed by atoms with Gasteiger partial charge in [0.2, 0.25) is 0 Å². The van der Waals surface area contributed by atoms with Crippen LogP contribution in [0.5, 0.6) is 0 Å². The smallest absolute Gasteiger partial charge is 0.138 e. The van der Waals surface area contributed by atoms with Gasteiger partial charge in [0.25, 0.3) is 0 Å². The van der Waals surface area contributed by atoms with E-state index in [0.717, 1.165) is 21.2 Å². The lowest BCUT2D eigenvalue weighted by atomic mass is 10.1. The second-order valence-electron chi connectivity index (χ2n) is 4.81. The predicted molar refractivity (Wildman–Crippen MR) is 84.9 cm³/mol. The molecule has 3 aromatic heterocycles. The van der Waals surface area contributed by atoms with Crippen LogP contribution in [-0.2, 0) is 0 Å². The number of benzene rings is 1. The fourth-order valence-corrected chi connectivity index (χ4v) is 3.31. The van der Waals surface area contributed by atoms with Crippen LogP contribution in [0.2, 0.25) is 5.02 Å². The van der Waals surface area contributed by atoms with Crippen molar-refractivity contribution in [3.05, 3.63) is 64.3 Å². The van der Waals surface area contributed by atoms with E-state index in [2.05, 4.69) is 4.98 Å². The molecule has 0 saturated heterocycles. The molecule has 0 spiro atoms. The van der Waals surface area contributed by atoms with E-state index in [-0.39, 0.29) is 0 Å². The minimum absolute atomic E-state index is 0.491. The molecule has 0 saturated carbocycles. The molecule has 4 rings (SSSR count). The molecule has 0 fully saturated rings. The largest absolute Gasteiger partial charge is 0.458 e. The third-order valence-corrected chi connectivity index (χ3v) is 4.49. The number of fused-ring (bicyclic) bond motifs is 2. The first-order valence-electron chi connectivity index (χ1n) is 6.41. The van der Waals surface area contributed by atoms with Crippen molar-refractivity contribution < 1.29 is 9.52 Å². The number of aliphatic hydroxyl groups is 1. The Bertz CT molecular complexity index is 944. The first-order valence-corrected chi connectivity index (χ1v) is 7.67. The van der Waals surface area contributed by atoms with Crippen LogP contribution >= 0.6 is 22.9 Å². The van der Waals surface area contributed by atoms with Gasteiger partial charge in [-0.05, 0) is 41.8 Å². The molecule has 21 heavy (non-hydrogen) atoms. The van der Waals surface area contributed by atoms with Crippen molar-refractivity contribution in [3.63, 3.8) is 0 Å². The zero-order valence-corrected chi connectivity index (χ0v) is 12.4. The highest BCUT2D eigenvalue weighted by atomic mass is 35.5. The van der Waals surface area contributed by atoms with Crippen LogP contribution < -0.4 is 0 Å². The molecule has 1 atom stereocenters. The summed E-state index contributed by atoms with van der Waals surface area (Å²) < 4.78 is 6.75. The molecule has 0 amide bonds. The first-order chi connectivity index (χ1) is 10.2. The number of rotatable bonds is 2. The second kappa shape index (κ2) is 4.84. The summed E-state index contributed by atoms with van der Waals surface area (Å²) in [7, 11) is 0. The Kier molecular flexibility index (Phi) is 2.96. The van der Waals surface area contributed by atoms with Gasteiger partial charge in [0.1, 0.15) is 17.4 Å². The van der Waals surface area contributed by atoms with Gasteiger partial charge in [-0.3, -0.25) is 4.98 Å². The Morgan fingerprint density at radius 2 is 2.10 bits per heavy atom. The Morgan fingerprint density at radius 1 is 1.19 bits per heavy atom. The average Bonchev–Trinajstić information content (AvgIpc) is 3.11. The summed E-state index contributed by atoms with van der Waals surface area (Å²) in [5.74, 6) is 0.491. The van der Waals surface area contributed by atoms with Crippen molar-refractivity contribution in [2.24, 2.45) is 0 Å². The van der Waals surface area contributed by atoms with Crippen molar-refractivity contribution >= 4 is 44.1 Å². The highest BCUT2D eigenvalue weighted by Crippen LogP contribution is 2.31. The molecule has 4 aromatic rings. The molecule has 3 heterocycles. The molecular formula is C16H10ClNO2S. The predicted octanol–water partition coefficient (Wildman–Crippen LogP) is 4.78. The molecule has 104 valence electrons. The van der Waals surface area contributed by atoms with Gasteiger partial charge in [-0.1, -0.05) is 11.6 Å². The minimum Gasteiger partial charge on any atom is -0.458 e. The number of hydrogen-bond acceptors (Lipinski definition) is 4. The Balaban J connectivity index is 1.79. The number of pyridine rings is 1. The van der Waals surface area contributed by atoms with Gasteiger partial charge in [0, 0.05) is 22.2 Å². The normalized spacial score (nSPS) is 13.0. The Hall–Kier alpha value is -1.88. The average molecular weight is 316 g/mol. The molecule has 1 aromatic carbocycles. The van der Waals surface area contributed by atoms with Gasteiger partial charge < -0.3 is 9.52 Å². The molecule has 0 aliphatic carbocycles. The maximum atomic E-state index is 10.5. The number of aromatic nitrogens is 1. The van der Waals surface area contributed by atoms with Crippen molar-refractivity contribution in [3.8, 4) is 0 Å². The molecule has 1 unspecified atom stereocenters. The van der Waals surface area contributed by atoms with Crippen LogP contribution in [-0.4, -0.2) is 10.1 Å². The molecule has 3 nitrogen and oxygen atoms in total. The zero-order valence-electron chi connectivity index (χ0n) is 10.8. The summed E-state index contributed by atoms with van der Waals surface area (Å²) in [5, 5.41) is 14.0. The fourth-order valence-electron chi connectivity index (χ4n) is 2.34. The lowest BCUT2D eigenvalue weighted by Crippen LogP contribution is -1.98. The summed E-state index contributed by atoms with van der Waals surface area (Å²) in [6, 6.07) is 11.1. The molecular weight excluding hydrogens is 306 g/mol. The van der Waals surface area contributed by atoms with Gasteiger partial charge in [-0.25, -0.2) is 0 Å². The van der Waals surface area contributed by atoms with E-state index in [1.165, 1.54) is 0 Å². The topological polar surface area (TPSA) is 46.3 Å². The van der Waals surface area contributed by atoms with Crippen LogP contribution in [0.3, 0.4) is 0 Å². The van der Waals surface area contributed by atoms with E-state index in [9.17, 15) is 5.11 Å². The third-order valence-electron chi connectivity index (χ3n) is 3.41. The number of thiophene rings is 1. The van der Waals surface area contributed by atoms with Crippen LogP contribution in [0, 0.1) is 0 Å². The first kappa shape index (κ1) is 12.8. The summed E-state index contributed by atoms with van der Waals surface area (Å²) in [5.41, 5.74) is 2.36. The summed E-state index contributed by atoms with van der Waals surface area (Å²) >= 11 is 7.56. The summed E-state index contributed by atoms with van der Waals surface area (Å²) in [6.45, 7) is 0. The highest BCUT2D eigenvalue weighted by molar-refractivity contribution is 7.17. The van der Waals surface area contributed by atoms with Gasteiger partial charge in [-0.15, -0.1) is 11.3 Å². The maximum absolute atomic E-state index is 10.5. The molecule has 0 bridgehead atoms. The maximum Gasteiger partial charge on any atom is 0.138 e. The Labute approximate surface area is 129 Å². The van der Waals surface area contributed by atoms with Gasteiger partial charge in [0.15, 0.2) is 0 Å². The summed E-state index contributed by atoms with van der Waals surface area (Å²) in [4.78, 5) is 4.34. The number of furan rings is 1. The quantitative estimate of drug-likeness (QED) is 0.579. The van der Waals surface area contributed by atoms with Gasteiger partial charge in [-0.2, -0.15) is 0 Å². The van der Waals surface area contributed by atoms with Crippen molar-refractivity contribution in [2.75, 3.05) is 0 Å². The van der Waals surface area contributed by atoms with E-state index in [4.69, 9.17) is 16.0 Å². The molecule has 0 aliphatic rings. The SMILES string of the molecule is OC(c1cnc2ccsc2c1)c1cc2cc(Cl)ccc2o1. The zero-order chi connectivity index (χ0) is 14.4. The van der Waals surface area contributed by atoms with E-state index >= 15 is 0 Å². The Morgan fingerprint density at radius 3 is 3.00 bits per heavy atom. The van der Waals surface area contributed by atoms with E-state index in [1.807, 2.05) is 29.6 Å². The molecule has 0 aliphatic heterocycles. The lowest BCUT2D eigenvalue weighted by molar-refractivity contribution is 0.192. The van der Waals surface area contributed by atoms with Crippen molar-refractivity contribution in [2.45, 2.75) is 6.10 Å². The van der Waals surface area contributed by atoms with Crippen LogP contribution in [0.15, 0.2) is 52.4 Å². The molecule has 0 radical (unpaired) electrons. The van der Waals surface area contributed by atoms with Gasteiger partial charge in [0.05, 0.1) is 10.2 Å². The highest BCUT2D eigenvalue weighted by Gasteiger charge is 2.17. The van der Waals surface area contributed by atoms with E-state index in [0.29, 0.717) is 16.4 Å². The molecule has 1 N–H and O–H groups in total. The number of halogens is 1. The third kappa shape index (κ3) is 2.21. The standard InChI is InChI=1S/C16H10ClNO2S/c17-11-1-2-13-9(5-11)6-14(20-13)16(19)10-7-15-12(18-8-10)3-4-21-15/h1-8,16,19H. The van der Waals surface area contributed by atoms with E-state index < -0.39 is 6.10 Å². The van der Waals surface area contributed by atoms with Crippen molar-refractivity contribution in [1.82, 2.24) is 4.98 Å². The van der Waals surface area contributed by atoms with Crippen LogP contribution in [0.1, 0.15) is 17.4 Å². The number of aliphatic hydroxyl groups excluding tert-OH is 1. The van der Waals surface area contributed by atoms with Crippen molar-refractivity contribution in [1.29, 1.82) is 0 Å². The summed E-state index contributed by atoms with van der Waals surface area (Å²) in [6.07, 6.45) is 0.843. The fraction of sp³-hybridized carbons (Fsp3) is 0.0625. The van der Waals surface area contributed by atoms with Crippen LogP contribution in [0.25, 0.3) is 21.2 Å². The lowest BCUT2D eigenvalue weighted by Gasteiger charge is -2.07. The van der Waals surface area contributed by atoms with Gasteiger partial charge >= 0.3 is 0 Å². The number of nitrogens with zero attached hydrogens (tertiary/aromatic N) is 1. The monoisotopic (exact) mass is 315 g/mol. The molecule has 5 heteroatoms. The second-order valence-corrected chi connectivity index (χ2v) is 6.19. The number of hydrogen-bond donors (Lipinski definition) is 1.